The first-order valence-corrected chi connectivity index (χ1v) is 9.16. The number of nitrogens with zero attached hydrogens (tertiary/aromatic N) is 1. The smallest absolute Gasteiger partial charge is 0.240 e. The van der Waals surface area contributed by atoms with Gasteiger partial charge in [0.25, 0.3) is 0 Å². The second kappa shape index (κ2) is 6.25. The first-order valence-electron chi connectivity index (χ1n) is 7.24. The van der Waals surface area contributed by atoms with Crippen molar-refractivity contribution in [2.75, 3.05) is 0 Å². The van der Waals surface area contributed by atoms with E-state index < -0.39 is 20.7 Å². The summed E-state index contributed by atoms with van der Waals surface area (Å²) in [5, 5.41) is 9.60. The molecule has 0 aliphatic rings. The number of aryl methyl sites for hydroxylation is 2. The molecule has 0 unspecified atom stereocenters. The largest absolute Gasteiger partial charge is 0.360 e. The van der Waals surface area contributed by atoms with Crippen LogP contribution in [0.4, 0.5) is 4.39 Å². The molecule has 130 valence electrons. The Morgan fingerprint density at radius 1 is 1.12 bits per heavy atom. The number of benzene rings is 2. The Bertz CT molecular complexity index is 1080. The van der Waals surface area contributed by atoms with Crippen LogP contribution in [0.2, 0.25) is 5.02 Å². The van der Waals surface area contributed by atoms with Crippen LogP contribution >= 0.6 is 11.6 Å². The molecule has 0 aliphatic heterocycles. The van der Waals surface area contributed by atoms with Crippen LogP contribution in [0.25, 0.3) is 22.4 Å². The minimum absolute atomic E-state index is 0.426. The summed E-state index contributed by atoms with van der Waals surface area (Å²) in [4.78, 5) is -0.565. The molecule has 0 saturated carbocycles. The Morgan fingerprint density at radius 2 is 1.80 bits per heavy atom. The molecular weight excluding hydrogens is 367 g/mol. The third kappa shape index (κ3) is 3.30. The molecule has 2 N–H and O–H groups in total. The number of rotatable bonds is 3. The maximum absolute atomic E-state index is 14.2. The fourth-order valence-electron chi connectivity index (χ4n) is 2.54. The molecule has 1 aromatic heterocycles. The molecule has 3 rings (SSSR count). The molecule has 1 heterocycles. The lowest BCUT2D eigenvalue weighted by Gasteiger charge is -2.07. The summed E-state index contributed by atoms with van der Waals surface area (Å²) >= 11 is 6.17. The van der Waals surface area contributed by atoms with E-state index in [1.165, 1.54) is 6.07 Å². The fourth-order valence-corrected chi connectivity index (χ4v) is 3.31. The van der Waals surface area contributed by atoms with Gasteiger partial charge in [-0.05, 0) is 43.2 Å². The molecule has 0 spiro atoms. The number of sulfonamides is 1. The quantitative estimate of drug-likeness (QED) is 0.742. The molecule has 0 aliphatic carbocycles. The molecule has 2 aromatic carbocycles. The summed E-state index contributed by atoms with van der Waals surface area (Å²) < 4.78 is 42.2. The van der Waals surface area contributed by atoms with Gasteiger partial charge in [-0.2, -0.15) is 0 Å². The average molecular weight is 381 g/mol. The Hall–Kier alpha value is -2.22. The van der Waals surface area contributed by atoms with Gasteiger partial charge in [0.1, 0.15) is 22.2 Å². The van der Waals surface area contributed by atoms with Crippen LogP contribution in [0.3, 0.4) is 0 Å². The molecule has 25 heavy (non-hydrogen) atoms. The van der Waals surface area contributed by atoms with Gasteiger partial charge in [0.2, 0.25) is 10.0 Å². The summed E-state index contributed by atoms with van der Waals surface area (Å²) in [6, 6.07) is 9.10. The van der Waals surface area contributed by atoms with Gasteiger partial charge in [-0.1, -0.05) is 35.0 Å². The predicted molar refractivity (Wildman–Crippen MR) is 93.2 cm³/mol. The minimum Gasteiger partial charge on any atom is -0.360 e. The summed E-state index contributed by atoms with van der Waals surface area (Å²) in [5.74, 6) is -0.469. The lowest BCUT2D eigenvalue weighted by atomic mass is 9.99. The van der Waals surface area contributed by atoms with Crippen molar-refractivity contribution in [3.05, 3.63) is 58.6 Å². The van der Waals surface area contributed by atoms with Crippen molar-refractivity contribution in [2.24, 2.45) is 5.14 Å². The monoisotopic (exact) mass is 380 g/mol. The van der Waals surface area contributed by atoms with E-state index in [0.29, 0.717) is 33.2 Å². The van der Waals surface area contributed by atoms with Gasteiger partial charge < -0.3 is 4.52 Å². The zero-order valence-electron chi connectivity index (χ0n) is 13.4. The molecule has 0 amide bonds. The summed E-state index contributed by atoms with van der Waals surface area (Å²) in [6.45, 7) is 3.57. The first kappa shape index (κ1) is 17.6. The molecule has 0 fully saturated rings. The van der Waals surface area contributed by atoms with Crippen molar-refractivity contribution in [3.63, 3.8) is 0 Å². The van der Waals surface area contributed by atoms with Crippen LogP contribution in [0.1, 0.15) is 11.3 Å². The van der Waals surface area contributed by atoms with E-state index in [2.05, 4.69) is 5.16 Å². The Kier molecular flexibility index (Phi) is 4.40. The van der Waals surface area contributed by atoms with Crippen LogP contribution < -0.4 is 5.14 Å². The lowest BCUT2D eigenvalue weighted by Crippen LogP contribution is -2.13. The molecular formula is C17H14ClFN2O3S. The lowest BCUT2D eigenvalue weighted by molar-refractivity contribution is 0.400. The normalized spacial score (nSPS) is 11.7. The predicted octanol–water partition coefficient (Wildman–Crippen LogP) is 4.07. The average Bonchev–Trinajstić information content (AvgIpc) is 2.90. The molecule has 0 saturated heterocycles. The number of aromatic nitrogens is 1. The van der Waals surface area contributed by atoms with E-state index in [0.717, 1.165) is 17.7 Å². The molecule has 0 radical (unpaired) electrons. The van der Waals surface area contributed by atoms with Gasteiger partial charge in [0.05, 0.1) is 5.56 Å². The van der Waals surface area contributed by atoms with E-state index in [-0.39, 0.29) is 0 Å². The van der Waals surface area contributed by atoms with Crippen LogP contribution in [0.15, 0.2) is 45.8 Å². The van der Waals surface area contributed by atoms with Gasteiger partial charge in [0.15, 0.2) is 0 Å². The highest BCUT2D eigenvalue weighted by Gasteiger charge is 2.20. The maximum atomic E-state index is 14.2. The standard InChI is InChI=1S/C17H14ClFN2O3S/c1-9-3-4-12(7-13(9)18)17-16(10(2)24-21-17)11-5-6-15(14(19)8-11)25(20,22)23/h3-8H,1-2H3,(H2,20,22,23). The van der Waals surface area contributed by atoms with E-state index in [1.54, 1.807) is 13.0 Å². The fraction of sp³-hybridized carbons (Fsp3) is 0.118. The molecule has 3 aromatic rings. The SMILES string of the molecule is Cc1ccc(-c2noc(C)c2-c2ccc(S(N)(=O)=O)c(F)c2)cc1Cl. The molecule has 5 nitrogen and oxygen atoms in total. The zero-order chi connectivity index (χ0) is 18.4. The summed E-state index contributed by atoms with van der Waals surface area (Å²) in [6.07, 6.45) is 0. The van der Waals surface area contributed by atoms with E-state index >= 15 is 0 Å². The van der Waals surface area contributed by atoms with E-state index in [1.807, 2.05) is 19.1 Å². The van der Waals surface area contributed by atoms with Gasteiger partial charge in [0, 0.05) is 10.6 Å². The third-order valence-corrected chi connectivity index (χ3v) is 5.19. The highest BCUT2D eigenvalue weighted by Crippen LogP contribution is 2.36. The highest BCUT2D eigenvalue weighted by atomic mass is 35.5. The van der Waals surface area contributed by atoms with Crippen LogP contribution in [-0.2, 0) is 10.0 Å². The van der Waals surface area contributed by atoms with E-state index in [4.69, 9.17) is 21.3 Å². The highest BCUT2D eigenvalue weighted by molar-refractivity contribution is 7.89. The van der Waals surface area contributed by atoms with Crippen molar-refractivity contribution in [1.82, 2.24) is 5.16 Å². The van der Waals surface area contributed by atoms with Gasteiger partial charge in [-0.25, -0.2) is 17.9 Å². The van der Waals surface area contributed by atoms with Gasteiger partial charge in [-0.15, -0.1) is 0 Å². The van der Waals surface area contributed by atoms with Crippen molar-refractivity contribution in [2.45, 2.75) is 18.7 Å². The van der Waals surface area contributed by atoms with Crippen molar-refractivity contribution in [3.8, 4) is 22.4 Å². The number of hydrogen-bond acceptors (Lipinski definition) is 4. The van der Waals surface area contributed by atoms with Crippen LogP contribution in [0.5, 0.6) is 0 Å². The first-order chi connectivity index (χ1) is 11.7. The number of primary sulfonamides is 1. The molecule has 0 atom stereocenters. The summed E-state index contributed by atoms with van der Waals surface area (Å²) in [5.41, 5.74) is 3.09. The maximum Gasteiger partial charge on any atom is 0.240 e. The molecule has 8 heteroatoms. The minimum atomic E-state index is -4.13. The van der Waals surface area contributed by atoms with Crippen LogP contribution in [-0.4, -0.2) is 13.6 Å². The third-order valence-electron chi connectivity index (χ3n) is 3.84. The number of halogens is 2. The topological polar surface area (TPSA) is 86.2 Å². The van der Waals surface area contributed by atoms with Crippen molar-refractivity contribution < 1.29 is 17.3 Å². The van der Waals surface area contributed by atoms with Gasteiger partial charge >= 0.3 is 0 Å². The second-order valence-electron chi connectivity index (χ2n) is 5.62. The molecule has 0 bridgehead atoms. The van der Waals surface area contributed by atoms with Crippen molar-refractivity contribution >= 4 is 21.6 Å². The Balaban J connectivity index is 2.17. The van der Waals surface area contributed by atoms with Crippen molar-refractivity contribution in [1.29, 1.82) is 0 Å². The van der Waals surface area contributed by atoms with E-state index in [9.17, 15) is 12.8 Å². The number of hydrogen-bond donors (Lipinski definition) is 1. The Labute approximate surface area is 149 Å². The van der Waals surface area contributed by atoms with Crippen LogP contribution in [0, 0.1) is 19.7 Å². The zero-order valence-corrected chi connectivity index (χ0v) is 15.0. The summed E-state index contributed by atoms with van der Waals surface area (Å²) in [7, 11) is -4.13. The second-order valence-corrected chi connectivity index (χ2v) is 7.55. The van der Waals surface area contributed by atoms with Gasteiger partial charge in [-0.3, -0.25) is 0 Å². The Morgan fingerprint density at radius 3 is 2.40 bits per heavy atom. The number of nitrogens with two attached hydrogens (primary N) is 1.